The van der Waals surface area contributed by atoms with Crippen LogP contribution in [0.25, 0.3) is 0 Å². The van der Waals surface area contributed by atoms with Crippen LogP contribution < -0.4 is 0 Å². The highest BCUT2D eigenvalue weighted by Crippen LogP contribution is 2.26. The van der Waals surface area contributed by atoms with Crippen molar-refractivity contribution in [2.45, 2.75) is 39.5 Å². The molecule has 13 heavy (non-hydrogen) atoms. The highest BCUT2D eigenvalue weighted by Gasteiger charge is 2.12. The molecule has 0 fully saturated rings. The second-order valence-corrected chi connectivity index (χ2v) is 3.70. The molecule has 1 rings (SSSR count). The molecular formula is C11H18O2. The number of carbonyl (C=O) groups excluding carboxylic acids is 1. The Hall–Kier alpha value is -0.790. The molecule has 0 radical (unpaired) electrons. The standard InChI is InChI=1S/C11H18O2/c1-9(7-8-13-10(2)12)11-5-3-4-6-11/h5,9H,3-4,6-8H2,1-2H3. The Morgan fingerprint density at radius 1 is 1.69 bits per heavy atom. The minimum Gasteiger partial charge on any atom is -0.466 e. The summed E-state index contributed by atoms with van der Waals surface area (Å²) >= 11 is 0. The highest BCUT2D eigenvalue weighted by molar-refractivity contribution is 5.65. The molecule has 0 saturated carbocycles. The Bertz CT molecular complexity index is 206. The molecule has 0 aromatic carbocycles. The fraction of sp³-hybridized carbons (Fsp3) is 0.727. The van der Waals surface area contributed by atoms with Crippen molar-refractivity contribution in [3.63, 3.8) is 0 Å². The van der Waals surface area contributed by atoms with Gasteiger partial charge in [0.1, 0.15) is 0 Å². The Balaban J connectivity index is 2.17. The SMILES string of the molecule is CC(=O)OCCC(C)C1=CCCC1. The van der Waals surface area contributed by atoms with Crippen LogP contribution in [-0.4, -0.2) is 12.6 Å². The summed E-state index contributed by atoms with van der Waals surface area (Å²) in [5.74, 6) is 0.412. The van der Waals surface area contributed by atoms with E-state index in [1.54, 1.807) is 5.57 Å². The number of carbonyl (C=O) groups is 1. The van der Waals surface area contributed by atoms with Crippen molar-refractivity contribution in [3.05, 3.63) is 11.6 Å². The zero-order valence-electron chi connectivity index (χ0n) is 8.51. The lowest BCUT2D eigenvalue weighted by Crippen LogP contribution is -2.06. The van der Waals surface area contributed by atoms with Gasteiger partial charge in [-0.3, -0.25) is 4.79 Å². The molecule has 0 aliphatic heterocycles. The molecule has 0 bridgehead atoms. The van der Waals surface area contributed by atoms with E-state index in [4.69, 9.17) is 4.74 Å². The molecule has 0 aromatic heterocycles. The molecule has 0 N–H and O–H groups in total. The lowest BCUT2D eigenvalue weighted by molar-refractivity contribution is -0.141. The third-order valence-electron chi connectivity index (χ3n) is 2.57. The molecular weight excluding hydrogens is 164 g/mol. The smallest absolute Gasteiger partial charge is 0.302 e. The van der Waals surface area contributed by atoms with Gasteiger partial charge in [0.2, 0.25) is 0 Å². The third-order valence-corrected chi connectivity index (χ3v) is 2.57. The van der Waals surface area contributed by atoms with E-state index in [-0.39, 0.29) is 5.97 Å². The van der Waals surface area contributed by atoms with Crippen molar-refractivity contribution in [3.8, 4) is 0 Å². The predicted octanol–water partition coefficient (Wildman–Crippen LogP) is 2.69. The fourth-order valence-electron chi connectivity index (χ4n) is 1.71. The summed E-state index contributed by atoms with van der Waals surface area (Å²) in [4.78, 5) is 10.5. The first-order valence-corrected chi connectivity index (χ1v) is 5.02. The van der Waals surface area contributed by atoms with E-state index in [1.807, 2.05) is 0 Å². The fourth-order valence-corrected chi connectivity index (χ4v) is 1.71. The number of hydrogen-bond donors (Lipinski definition) is 0. The maximum atomic E-state index is 10.5. The number of rotatable bonds is 4. The zero-order valence-corrected chi connectivity index (χ0v) is 8.51. The van der Waals surface area contributed by atoms with Gasteiger partial charge in [0.25, 0.3) is 0 Å². The van der Waals surface area contributed by atoms with Gasteiger partial charge in [0.15, 0.2) is 0 Å². The molecule has 1 aliphatic rings. The Kier molecular flexibility index (Phi) is 4.00. The van der Waals surface area contributed by atoms with Gasteiger partial charge in [-0.15, -0.1) is 0 Å². The highest BCUT2D eigenvalue weighted by atomic mass is 16.5. The molecule has 1 aliphatic carbocycles. The van der Waals surface area contributed by atoms with Crippen molar-refractivity contribution >= 4 is 5.97 Å². The summed E-state index contributed by atoms with van der Waals surface area (Å²) in [5, 5.41) is 0. The zero-order chi connectivity index (χ0) is 9.68. The molecule has 1 atom stereocenters. The van der Waals surface area contributed by atoms with E-state index in [0.29, 0.717) is 12.5 Å². The van der Waals surface area contributed by atoms with Crippen LogP contribution in [0.4, 0.5) is 0 Å². The average molecular weight is 182 g/mol. The number of esters is 1. The molecule has 74 valence electrons. The van der Waals surface area contributed by atoms with E-state index in [1.165, 1.54) is 26.2 Å². The third kappa shape index (κ3) is 3.62. The molecule has 0 amide bonds. The lowest BCUT2D eigenvalue weighted by atomic mass is 9.98. The van der Waals surface area contributed by atoms with Gasteiger partial charge in [0.05, 0.1) is 6.61 Å². The topological polar surface area (TPSA) is 26.3 Å². The maximum Gasteiger partial charge on any atom is 0.302 e. The molecule has 2 nitrogen and oxygen atoms in total. The monoisotopic (exact) mass is 182 g/mol. The van der Waals surface area contributed by atoms with E-state index < -0.39 is 0 Å². The molecule has 1 unspecified atom stereocenters. The Morgan fingerprint density at radius 3 is 3.00 bits per heavy atom. The Labute approximate surface area is 80.0 Å². The van der Waals surface area contributed by atoms with E-state index in [2.05, 4.69) is 13.0 Å². The van der Waals surface area contributed by atoms with Crippen molar-refractivity contribution in [2.24, 2.45) is 5.92 Å². The van der Waals surface area contributed by atoms with Gasteiger partial charge < -0.3 is 4.74 Å². The van der Waals surface area contributed by atoms with Crippen LogP contribution in [0.15, 0.2) is 11.6 Å². The van der Waals surface area contributed by atoms with Crippen LogP contribution in [0.3, 0.4) is 0 Å². The molecule has 0 spiro atoms. The second-order valence-electron chi connectivity index (χ2n) is 3.70. The Morgan fingerprint density at radius 2 is 2.46 bits per heavy atom. The summed E-state index contributed by atoms with van der Waals surface area (Å²) in [6.45, 7) is 4.23. The van der Waals surface area contributed by atoms with Gasteiger partial charge in [-0.25, -0.2) is 0 Å². The molecule has 0 aromatic rings. The first-order chi connectivity index (χ1) is 6.20. The van der Waals surface area contributed by atoms with Crippen LogP contribution in [0.1, 0.15) is 39.5 Å². The summed E-state index contributed by atoms with van der Waals surface area (Å²) in [5.41, 5.74) is 1.55. The lowest BCUT2D eigenvalue weighted by Gasteiger charge is -2.12. The van der Waals surface area contributed by atoms with Crippen molar-refractivity contribution in [1.82, 2.24) is 0 Å². The van der Waals surface area contributed by atoms with Crippen LogP contribution in [0.2, 0.25) is 0 Å². The van der Waals surface area contributed by atoms with Crippen molar-refractivity contribution < 1.29 is 9.53 Å². The van der Waals surface area contributed by atoms with Crippen LogP contribution in [0, 0.1) is 5.92 Å². The summed E-state index contributed by atoms with van der Waals surface area (Å²) in [7, 11) is 0. The van der Waals surface area contributed by atoms with Gasteiger partial charge in [-0.2, -0.15) is 0 Å². The first kappa shape index (κ1) is 10.3. The molecule has 0 heterocycles. The first-order valence-electron chi connectivity index (χ1n) is 5.02. The van der Waals surface area contributed by atoms with E-state index in [0.717, 1.165) is 6.42 Å². The average Bonchev–Trinajstić information content (AvgIpc) is 2.55. The summed E-state index contributed by atoms with van der Waals surface area (Å²) in [6.07, 6.45) is 7.06. The number of ether oxygens (including phenoxy) is 1. The largest absolute Gasteiger partial charge is 0.466 e. The van der Waals surface area contributed by atoms with Crippen LogP contribution in [-0.2, 0) is 9.53 Å². The van der Waals surface area contributed by atoms with Crippen LogP contribution >= 0.6 is 0 Å². The van der Waals surface area contributed by atoms with Crippen molar-refractivity contribution in [2.75, 3.05) is 6.61 Å². The minimum atomic E-state index is -0.174. The summed E-state index contributed by atoms with van der Waals surface area (Å²) < 4.78 is 4.91. The normalized spacial score (nSPS) is 18.2. The van der Waals surface area contributed by atoms with Gasteiger partial charge in [0, 0.05) is 6.92 Å². The minimum absolute atomic E-state index is 0.174. The number of hydrogen-bond acceptors (Lipinski definition) is 2. The van der Waals surface area contributed by atoms with Gasteiger partial charge in [-0.1, -0.05) is 18.6 Å². The van der Waals surface area contributed by atoms with E-state index >= 15 is 0 Å². The van der Waals surface area contributed by atoms with Crippen LogP contribution in [0.5, 0.6) is 0 Å². The van der Waals surface area contributed by atoms with Gasteiger partial charge in [-0.05, 0) is 31.6 Å². The number of allylic oxidation sites excluding steroid dienone is 2. The second kappa shape index (κ2) is 5.05. The molecule has 0 saturated heterocycles. The summed E-state index contributed by atoms with van der Waals surface area (Å²) in [6, 6.07) is 0. The van der Waals surface area contributed by atoms with Gasteiger partial charge >= 0.3 is 5.97 Å². The maximum absolute atomic E-state index is 10.5. The van der Waals surface area contributed by atoms with Crippen molar-refractivity contribution in [1.29, 1.82) is 0 Å². The molecule has 2 heteroatoms. The van der Waals surface area contributed by atoms with E-state index in [9.17, 15) is 4.79 Å². The predicted molar refractivity (Wildman–Crippen MR) is 52.3 cm³/mol. The quantitative estimate of drug-likeness (QED) is 0.493.